The highest BCUT2D eigenvalue weighted by Crippen LogP contribution is 2.31. The van der Waals surface area contributed by atoms with Crippen LogP contribution in [0.3, 0.4) is 0 Å². The molecule has 2 aromatic rings. The quantitative estimate of drug-likeness (QED) is 0.527. The number of hydrogen-bond donors (Lipinski definition) is 2. The molecule has 2 aromatic carbocycles. The highest BCUT2D eigenvalue weighted by Gasteiger charge is 2.33. The summed E-state index contributed by atoms with van der Waals surface area (Å²) in [7, 11) is 0. The van der Waals surface area contributed by atoms with Crippen molar-refractivity contribution >= 4 is 11.8 Å². The number of halogens is 7. The fourth-order valence-corrected chi connectivity index (χ4v) is 3.24. The minimum Gasteiger partial charge on any atom is -0.350 e. The Morgan fingerprint density at radius 1 is 1.05 bits per heavy atom. The largest absolute Gasteiger partial charge is 0.416 e. The second kappa shape index (κ2) is 10.8. The second-order valence-corrected chi connectivity index (χ2v) is 7.77. The van der Waals surface area contributed by atoms with Gasteiger partial charge in [0.15, 0.2) is 6.04 Å². The van der Waals surface area contributed by atoms with Gasteiger partial charge >= 0.3 is 12.4 Å². The smallest absolute Gasteiger partial charge is 0.350 e. The highest BCUT2D eigenvalue weighted by atomic mass is 19.4. The van der Waals surface area contributed by atoms with Gasteiger partial charge in [-0.1, -0.05) is 17.4 Å². The summed E-state index contributed by atoms with van der Waals surface area (Å²) >= 11 is 0. The van der Waals surface area contributed by atoms with Gasteiger partial charge in [0.05, 0.1) is 35.8 Å². The summed E-state index contributed by atoms with van der Waals surface area (Å²) in [5.41, 5.74) is -2.60. The van der Waals surface area contributed by atoms with Gasteiger partial charge in [-0.05, 0) is 35.9 Å². The predicted octanol–water partition coefficient (Wildman–Crippen LogP) is 4.03. The fourth-order valence-electron chi connectivity index (χ4n) is 3.24. The van der Waals surface area contributed by atoms with E-state index < -0.39 is 58.8 Å². The van der Waals surface area contributed by atoms with Crippen molar-refractivity contribution in [3.05, 3.63) is 70.5 Å². The summed E-state index contributed by atoms with van der Waals surface area (Å²) in [6, 6.07) is 4.71. The molecule has 1 aliphatic rings. The van der Waals surface area contributed by atoms with E-state index in [-0.39, 0.29) is 31.3 Å². The lowest BCUT2D eigenvalue weighted by atomic mass is 10.0. The number of amides is 2. The molecule has 0 bridgehead atoms. The van der Waals surface area contributed by atoms with Crippen LogP contribution >= 0.6 is 0 Å². The number of nitrogens with zero attached hydrogens (tertiary/aromatic N) is 4. The van der Waals surface area contributed by atoms with Crippen LogP contribution in [0.15, 0.2) is 52.8 Å². The van der Waals surface area contributed by atoms with Gasteiger partial charge in [-0.15, -0.1) is 0 Å². The molecule has 0 saturated heterocycles. The minimum absolute atomic E-state index is 0.0157. The molecular weight excluding hydrogens is 513 g/mol. The number of carbonyl (C=O) groups excluding carboxylic acids is 2. The maximum Gasteiger partial charge on any atom is 0.416 e. The van der Waals surface area contributed by atoms with Crippen molar-refractivity contribution in [3.63, 3.8) is 0 Å². The van der Waals surface area contributed by atoms with Gasteiger partial charge in [0.25, 0.3) is 5.91 Å². The Labute approximate surface area is 204 Å². The summed E-state index contributed by atoms with van der Waals surface area (Å²) < 4.78 is 89.9. The van der Waals surface area contributed by atoms with Crippen LogP contribution in [0.25, 0.3) is 0 Å². The second-order valence-electron chi connectivity index (χ2n) is 7.77. The lowest BCUT2D eigenvalue weighted by Gasteiger charge is -2.16. The fraction of sp³-hybridized carbons (Fsp3) is 0.318. The average molecular weight is 530 g/mol. The first-order valence-corrected chi connectivity index (χ1v) is 10.5. The monoisotopic (exact) mass is 530 g/mol. The molecule has 196 valence electrons. The first kappa shape index (κ1) is 27.4. The lowest BCUT2D eigenvalue weighted by Crippen LogP contribution is -2.40. The van der Waals surface area contributed by atoms with Crippen LogP contribution in [-0.4, -0.2) is 42.5 Å². The van der Waals surface area contributed by atoms with Gasteiger partial charge in [-0.2, -0.15) is 36.7 Å². The van der Waals surface area contributed by atoms with E-state index in [4.69, 9.17) is 0 Å². The Morgan fingerprint density at radius 2 is 1.68 bits per heavy atom. The van der Waals surface area contributed by atoms with E-state index in [1.165, 1.54) is 5.01 Å². The zero-order valence-corrected chi connectivity index (χ0v) is 18.6. The number of carbonyl (C=O) groups is 2. The van der Waals surface area contributed by atoms with E-state index in [0.717, 1.165) is 24.3 Å². The lowest BCUT2D eigenvalue weighted by molar-refractivity contribution is -0.138. The van der Waals surface area contributed by atoms with Crippen molar-refractivity contribution in [1.29, 1.82) is 5.26 Å². The SMILES string of the molecule is N#CC(NC(=O)C1CN(CCNC(=O)c2ccc(C(F)(F)F)cc2F)N=N1)c1ccc(C(F)(F)F)cc1. The van der Waals surface area contributed by atoms with Gasteiger partial charge < -0.3 is 10.6 Å². The van der Waals surface area contributed by atoms with E-state index in [0.29, 0.717) is 12.1 Å². The van der Waals surface area contributed by atoms with Crippen molar-refractivity contribution in [2.75, 3.05) is 19.6 Å². The third-order valence-electron chi connectivity index (χ3n) is 5.19. The first-order chi connectivity index (χ1) is 17.3. The molecule has 8 nitrogen and oxygen atoms in total. The van der Waals surface area contributed by atoms with E-state index >= 15 is 0 Å². The van der Waals surface area contributed by atoms with E-state index in [1.807, 2.05) is 0 Å². The third kappa shape index (κ3) is 6.93. The molecule has 2 amide bonds. The Balaban J connectivity index is 1.48. The van der Waals surface area contributed by atoms with E-state index in [2.05, 4.69) is 21.0 Å². The van der Waals surface area contributed by atoms with Crippen LogP contribution < -0.4 is 10.6 Å². The molecular formula is C22H17F7N6O2. The minimum atomic E-state index is -4.76. The van der Waals surface area contributed by atoms with Gasteiger partial charge in [0.2, 0.25) is 5.91 Å². The summed E-state index contributed by atoms with van der Waals surface area (Å²) in [5.74, 6) is -3.01. The average Bonchev–Trinajstić information content (AvgIpc) is 3.30. The third-order valence-corrected chi connectivity index (χ3v) is 5.19. The Bertz CT molecular complexity index is 1220. The molecule has 0 saturated carbocycles. The molecule has 0 aliphatic carbocycles. The normalized spacial score (nSPS) is 16.3. The maximum atomic E-state index is 13.9. The highest BCUT2D eigenvalue weighted by molar-refractivity contribution is 5.94. The molecule has 1 aliphatic heterocycles. The van der Waals surface area contributed by atoms with Crippen molar-refractivity contribution in [3.8, 4) is 6.07 Å². The number of rotatable bonds is 7. The van der Waals surface area contributed by atoms with Crippen molar-refractivity contribution in [2.45, 2.75) is 24.4 Å². The molecule has 2 N–H and O–H groups in total. The first-order valence-electron chi connectivity index (χ1n) is 10.5. The number of nitriles is 1. The number of nitrogens with one attached hydrogen (secondary N) is 2. The van der Waals surface area contributed by atoms with Crippen LogP contribution in [0, 0.1) is 17.1 Å². The maximum absolute atomic E-state index is 13.9. The van der Waals surface area contributed by atoms with Crippen LogP contribution in [0.4, 0.5) is 30.7 Å². The van der Waals surface area contributed by atoms with Crippen LogP contribution in [0.1, 0.15) is 33.1 Å². The summed E-state index contributed by atoms with van der Waals surface area (Å²) in [4.78, 5) is 24.5. The van der Waals surface area contributed by atoms with Gasteiger partial charge in [-0.3, -0.25) is 14.6 Å². The number of alkyl halides is 6. The summed E-state index contributed by atoms with van der Waals surface area (Å²) in [5, 5.41) is 22.8. The molecule has 2 unspecified atom stereocenters. The number of hydrogen-bond acceptors (Lipinski definition) is 6. The number of benzene rings is 2. The zero-order valence-electron chi connectivity index (χ0n) is 18.6. The summed E-state index contributed by atoms with van der Waals surface area (Å²) in [6.07, 6.45) is -9.31. The molecule has 37 heavy (non-hydrogen) atoms. The topological polar surface area (TPSA) is 110 Å². The van der Waals surface area contributed by atoms with Crippen LogP contribution in [0.5, 0.6) is 0 Å². The van der Waals surface area contributed by atoms with Crippen molar-refractivity contribution in [1.82, 2.24) is 15.6 Å². The van der Waals surface area contributed by atoms with Gasteiger partial charge in [0.1, 0.15) is 11.9 Å². The molecule has 0 spiro atoms. The van der Waals surface area contributed by atoms with Crippen LogP contribution in [0.2, 0.25) is 0 Å². The summed E-state index contributed by atoms with van der Waals surface area (Å²) in [6.45, 7) is -0.150. The standard InChI is InChI=1S/C22H17F7N6O2/c23-16-9-14(22(27,28)29)5-6-15(16)19(36)31-7-8-35-11-18(33-34-35)20(37)32-17(10-30)12-1-3-13(4-2-12)21(24,25)26/h1-6,9,17-18H,7-8,11H2,(H,31,36)(H,32,37). The van der Waals surface area contributed by atoms with Crippen molar-refractivity contribution in [2.24, 2.45) is 10.3 Å². The van der Waals surface area contributed by atoms with Crippen molar-refractivity contribution < 1.29 is 40.3 Å². The molecule has 1 heterocycles. The Hall–Kier alpha value is -4.22. The van der Waals surface area contributed by atoms with Gasteiger partial charge in [0, 0.05) is 6.54 Å². The Morgan fingerprint density at radius 3 is 2.24 bits per heavy atom. The predicted molar refractivity (Wildman–Crippen MR) is 112 cm³/mol. The van der Waals surface area contributed by atoms with Crippen LogP contribution in [-0.2, 0) is 17.1 Å². The molecule has 0 aromatic heterocycles. The van der Waals surface area contributed by atoms with E-state index in [9.17, 15) is 45.6 Å². The molecule has 0 fully saturated rings. The Kier molecular flexibility index (Phi) is 7.99. The zero-order chi connectivity index (χ0) is 27.4. The molecule has 0 radical (unpaired) electrons. The molecule has 15 heteroatoms. The molecule has 3 rings (SSSR count). The van der Waals surface area contributed by atoms with Gasteiger partial charge in [-0.25, -0.2) is 4.39 Å². The molecule has 2 atom stereocenters. The van der Waals surface area contributed by atoms with E-state index in [1.54, 1.807) is 6.07 Å².